The first-order valence-corrected chi connectivity index (χ1v) is 12.5. The Labute approximate surface area is 236 Å². The number of hydrogen-bond donors (Lipinski definition) is 2. The summed E-state index contributed by atoms with van der Waals surface area (Å²) in [5.41, 5.74) is 1.37. The summed E-state index contributed by atoms with van der Waals surface area (Å²) in [7, 11) is 0. The Hall–Kier alpha value is -5.43. The van der Waals surface area contributed by atoms with E-state index in [4.69, 9.17) is 11.6 Å². The molecule has 4 aromatic rings. The number of nitrogens with one attached hydrogen (secondary N) is 2. The maximum absolute atomic E-state index is 13.3. The molecule has 3 aromatic carbocycles. The zero-order valence-corrected chi connectivity index (χ0v) is 22.0. The van der Waals surface area contributed by atoms with E-state index in [1.165, 1.54) is 41.3 Å². The van der Waals surface area contributed by atoms with Crippen LogP contribution in [-0.4, -0.2) is 48.3 Å². The number of rotatable bonds is 8. The molecule has 0 bridgehead atoms. The molecule has 206 valence electrons. The molecule has 1 aromatic heterocycles. The molecule has 1 atom stereocenters. The van der Waals surface area contributed by atoms with Crippen molar-refractivity contribution in [1.29, 1.82) is 0 Å². The number of allylic oxidation sites excluding steroid dienone is 1. The van der Waals surface area contributed by atoms with Gasteiger partial charge in [-0.1, -0.05) is 35.9 Å². The summed E-state index contributed by atoms with van der Waals surface area (Å²) in [4.78, 5) is 54.1. The predicted molar refractivity (Wildman–Crippen MR) is 148 cm³/mol. The van der Waals surface area contributed by atoms with Gasteiger partial charge in [0.05, 0.1) is 22.4 Å². The SMILES string of the molecule is CC1=C(c2nc(-c3ccc(Cl)cc3)n[nH]2)C(c2cccc([N+](=O)[O-])c2)N(CC(=O)c2cccc([N+](=O)[O-])c2)C(=O)N1. The number of halogens is 1. The Kier molecular flexibility index (Phi) is 7.27. The summed E-state index contributed by atoms with van der Waals surface area (Å²) in [6.07, 6.45) is 0. The average Bonchev–Trinajstić information content (AvgIpc) is 3.44. The van der Waals surface area contributed by atoms with Gasteiger partial charge >= 0.3 is 6.03 Å². The minimum atomic E-state index is -1.00. The van der Waals surface area contributed by atoms with Crippen molar-refractivity contribution in [2.24, 2.45) is 0 Å². The van der Waals surface area contributed by atoms with Crippen molar-refractivity contribution in [3.05, 3.63) is 121 Å². The van der Waals surface area contributed by atoms with Gasteiger partial charge in [0.15, 0.2) is 17.4 Å². The van der Waals surface area contributed by atoms with Crippen molar-refractivity contribution in [2.45, 2.75) is 13.0 Å². The van der Waals surface area contributed by atoms with E-state index in [0.29, 0.717) is 33.2 Å². The van der Waals surface area contributed by atoms with Crippen LogP contribution in [0.5, 0.6) is 0 Å². The fraction of sp³-hybridized carbons (Fsp3) is 0.111. The molecule has 2 N–H and O–H groups in total. The van der Waals surface area contributed by atoms with Crippen LogP contribution < -0.4 is 5.32 Å². The normalized spacial score (nSPS) is 15.0. The highest BCUT2D eigenvalue weighted by Gasteiger charge is 2.38. The quantitative estimate of drug-likeness (QED) is 0.161. The number of aromatic nitrogens is 3. The molecule has 14 heteroatoms. The highest BCUT2D eigenvalue weighted by molar-refractivity contribution is 6.30. The molecule has 41 heavy (non-hydrogen) atoms. The number of carbonyl (C=O) groups excluding carboxylic acids is 2. The van der Waals surface area contributed by atoms with Crippen LogP contribution >= 0.6 is 11.6 Å². The first-order chi connectivity index (χ1) is 19.6. The lowest BCUT2D eigenvalue weighted by molar-refractivity contribution is -0.385. The molecule has 13 nitrogen and oxygen atoms in total. The van der Waals surface area contributed by atoms with Gasteiger partial charge in [0.2, 0.25) is 0 Å². The molecule has 0 saturated carbocycles. The molecule has 0 saturated heterocycles. The molecule has 1 aliphatic heterocycles. The summed E-state index contributed by atoms with van der Waals surface area (Å²) >= 11 is 6.00. The summed E-state index contributed by atoms with van der Waals surface area (Å²) in [6.45, 7) is 1.15. The number of hydrogen-bond acceptors (Lipinski definition) is 8. The second kappa shape index (κ2) is 11.0. The second-order valence-electron chi connectivity index (χ2n) is 9.10. The molecule has 2 heterocycles. The Morgan fingerprint density at radius 2 is 1.66 bits per heavy atom. The van der Waals surface area contributed by atoms with Crippen molar-refractivity contribution >= 4 is 40.4 Å². The van der Waals surface area contributed by atoms with E-state index < -0.39 is 34.2 Å². The van der Waals surface area contributed by atoms with Gasteiger partial charge in [0.1, 0.15) is 0 Å². The Morgan fingerprint density at radius 1 is 1.00 bits per heavy atom. The summed E-state index contributed by atoms with van der Waals surface area (Å²) in [6, 6.07) is 16.1. The van der Waals surface area contributed by atoms with Gasteiger partial charge in [0.25, 0.3) is 11.4 Å². The van der Waals surface area contributed by atoms with Crippen LogP contribution in [0.2, 0.25) is 5.02 Å². The number of benzene rings is 3. The summed E-state index contributed by atoms with van der Waals surface area (Å²) in [5, 5.41) is 33.2. The van der Waals surface area contributed by atoms with Gasteiger partial charge < -0.3 is 10.2 Å². The van der Waals surface area contributed by atoms with Crippen LogP contribution in [-0.2, 0) is 0 Å². The lowest BCUT2D eigenvalue weighted by atomic mass is 9.92. The van der Waals surface area contributed by atoms with Crippen molar-refractivity contribution in [2.75, 3.05) is 6.54 Å². The fourth-order valence-electron chi connectivity index (χ4n) is 4.55. The van der Waals surface area contributed by atoms with Crippen LogP contribution in [0.1, 0.15) is 34.7 Å². The lowest BCUT2D eigenvalue weighted by Crippen LogP contribution is -2.48. The maximum atomic E-state index is 13.3. The topological polar surface area (TPSA) is 177 Å². The number of aromatic amines is 1. The standard InChI is InChI=1S/C27H20ClN7O6/c1-15-23(26-30-25(31-32-26)16-8-10-19(28)11-9-16)24(18-5-3-7-21(13-18)35(40)41)33(27(37)29-15)14-22(36)17-4-2-6-20(12-17)34(38)39/h2-13,24H,14H2,1H3,(H,29,37)(H,30,31,32). The van der Waals surface area contributed by atoms with Crippen LogP contribution in [0, 0.1) is 20.2 Å². The van der Waals surface area contributed by atoms with Crippen LogP contribution in [0.3, 0.4) is 0 Å². The average molecular weight is 574 g/mol. The van der Waals surface area contributed by atoms with E-state index in [9.17, 15) is 29.8 Å². The minimum Gasteiger partial charge on any atom is -0.311 e. The van der Waals surface area contributed by atoms with Gasteiger partial charge in [-0.05, 0) is 36.8 Å². The smallest absolute Gasteiger partial charge is 0.311 e. The lowest BCUT2D eigenvalue weighted by Gasteiger charge is -2.37. The van der Waals surface area contributed by atoms with E-state index in [-0.39, 0.29) is 22.8 Å². The number of carbonyl (C=O) groups is 2. The van der Waals surface area contributed by atoms with E-state index in [2.05, 4.69) is 20.5 Å². The van der Waals surface area contributed by atoms with Gasteiger partial charge in [-0.2, -0.15) is 5.10 Å². The number of non-ortho nitro benzene ring substituents is 2. The van der Waals surface area contributed by atoms with Crippen molar-refractivity contribution in [1.82, 2.24) is 25.4 Å². The molecule has 0 radical (unpaired) electrons. The van der Waals surface area contributed by atoms with Gasteiger partial charge in [0, 0.05) is 51.7 Å². The molecule has 2 amide bonds. The number of nitro groups is 2. The van der Waals surface area contributed by atoms with E-state index in [1.807, 2.05) is 0 Å². The van der Waals surface area contributed by atoms with Crippen molar-refractivity contribution < 1.29 is 19.4 Å². The highest BCUT2D eigenvalue weighted by Crippen LogP contribution is 2.40. The molecule has 5 rings (SSSR count). The molecule has 1 unspecified atom stereocenters. The molecular weight excluding hydrogens is 554 g/mol. The second-order valence-corrected chi connectivity index (χ2v) is 9.53. The number of amides is 2. The van der Waals surface area contributed by atoms with Crippen LogP contribution in [0.15, 0.2) is 78.5 Å². The molecule has 0 fully saturated rings. The van der Waals surface area contributed by atoms with Gasteiger partial charge in [-0.3, -0.25) is 30.1 Å². The molecule has 1 aliphatic rings. The van der Waals surface area contributed by atoms with Gasteiger partial charge in [-0.15, -0.1) is 0 Å². The third kappa shape index (κ3) is 5.51. The number of nitrogens with zero attached hydrogens (tertiary/aromatic N) is 5. The Bertz CT molecular complexity index is 1730. The molecular formula is C27H20ClN7O6. The van der Waals surface area contributed by atoms with Crippen LogP contribution in [0.25, 0.3) is 17.0 Å². The number of nitro benzene ring substituents is 2. The van der Waals surface area contributed by atoms with E-state index in [1.54, 1.807) is 37.3 Å². The van der Waals surface area contributed by atoms with E-state index in [0.717, 1.165) is 6.07 Å². The minimum absolute atomic E-state index is 0.0299. The number of H-pyrrole nitrogens is 1. The highest BCUT2D eigenvalue weighted by atomic mass is 35.5. The first kappa shape index (κ1) is 27.1. The third-order valence-electron chi connectivity index (χ3n) is 6.48. The summed E-state index contributed by atoms with van der Waals surface area (Å²) in [5.74, 6) is 0.0280. The van der Waals surface area contributed by atoms with Crippen LogP contribution in [0.4, 0.5) is 16.2 Å². The fourth-order valence-corrected chi connectivity index (χ4v) is 4.68. The van der Waals surface area contributed by atoms with Crippen molar-refractivity contribution in [3.63, 3.8) is 0 Å². The largest absolute Gasteiger partial charge is 0.322 e. The maximum Gasteiger partial charge on any atom is 0.322 e. The number of Topliss-reactive ketones (excluding diaryl/α,β-unsaturated/α-hetero) is 1. The number of urea groups is 1. The van der Waals surface area contributed by atoms with Gasteiger partial charge in [-0.25, -0.2) is 9.78 Å². The predicted octanol–water partition coefficient (Wildman–Crippen LogP) is 5.32. The zero-order chi connectivity index (χ0) is 29.3. The third-order valence-corrected chi connectivity index (χ3v) is 6.73. The summed E-state index contributed by atoms with van der Waals surface area (Å²) < 4.78 is 0. The zero-order valence-electron chi connectivity index (χ0n) is 21.3. The Balaban J connectivity index is 1.60. The Morgan fingerprint density at radius 3 is 2.34 bits per heavy atom. The van der Waals surface area contributed by atoms with E-state index >= 15 is 0 Å². The molecule has 0 spiro atoms. The monoisotopic (exact) mass is 573 g/mol. The van der Waals surface area contributed by atoms with Crippen molar-refractivity contribution in [3.8, 4) is 11.4 Å². The molecule has 0 aliphatic carbocycles. The first-order valence-electron chi connectivity index (χ1n) is 12.1. The number of ketones is 1.